The van der Waals surface area contributed by atoms with Gasteiger partial charge in [-0.05, 0) is 59.5 Å². The fourth-order valence-corrected chi connectivity index (χ4v) is 3.42. The van der Waals surface area contributed by atoms with Gasteiger partial charge in [-0.15, -0.1) is 0 Å². The Morgan fingerprint density at radius 3 is 2.77 bits per heavy atom. The maximum atomic E-state index is 12.7. The molecule has 0 spiro atoms. The number of nitrogens with zero attached hydrogens (tertiary/aromatic N) is 1. The molecule has 5 nitrogen and oxygen atoms in total. The molecule has 0 aliphatic carbocycles. The van der Waals surface area contributed by atoms with Gasteiger partial charge in [0.2, 0.25) is 5.78 Å². The lowest BCUT2D eigenvalue weighted by Crippen LogP contribution is -2.17. The Kier molecular flexibility index (Phi) is 3.95. The van der Waals surface area contributed by atoms with Crippen LogP contribution in [0.1, 0.15) is 52.7 Å². The van der Waals surface area contributed by atoms with E-state index in [1.807, 2.05) is 17.6 Å². The zero-order valence-corrected chi connectivity index (χ0v) is 13.7. The monoisotopic (exact) mass is 365 g/mol. The largest absolute Gasteiger partial charge is 0.481 e. The summed E-state index contributed by atoms with van der Waals surface area (Å²) in [5.41, 5.74) is 2.04. The Bertz CT molecular complexity index is 743. The number of furan rings is 1. The lowest BCUT2D eigenvalue weighted by Gasteiger charge is -2.13. The normalized spacial score (nSPS) is 17.8. The van der Waals surface area contributed by atoms with Crippen molar-refractivity contribution < 1.29 is 19.1 Å². The molecule has 0 fully saturated rings. The van der Waals surface area contributed by atoms with Crippen molar-refractivity contribution in [3.63, 3.8) is 0 Å². The second-order valence-corrected chi connectivity index (χ2v) is 6.35. The summed E-state index contributed by atoms with van der Waals surface area (Å²) in [6.07, 6.45) is 2.32. The highest BCUT2D eigenvalue weighted by molar-refractivity contribution is 9.10. The van der Waals surface area contributed by atoms with E-state index in [9.17, 15) is 14.7 Å². The van der Waals surface area contributed by atoms with Crippen LogP contribution in [0.4, 0.5) is 0 Å². The minimum absolute atomic E-state index is 0.208. The van der Waals surface area contributed by atoms with E-state index in [0.29, 0.717) is 23.3 Å². The Morgan fingerprint density at radius 2 is 2.14 bits per heavy atom. The number of aliphatic carboxylic acids is 1. The van der Waals surface area contributed by atoms with Gasteiger partial charge in [0, 0.05) is 12.2 Å². The molecule has 3 rings (SSSR count). The van der Waals surface area contributed by atoms with Crippen LogP contribution in [0.5, 0.6) is 0 Å². The number of halogens is 1. The highest BCUT2D eigenvalue weighted by atomic mass is 79.9. The molecule has 1 atom stereocenters. The van der Waals surface area contributed by atoms with Gasteiger partial charge < -0.3 is 14.1 Å². The second-order valence-electron chi connectivity index (χ2n) is 5.57. The Morgan fingerprint density at radius 1 is 1.36 bits per heavy atom. The number of carbonyl (C=O) groups excluding carboxylic acids is 1. The van der Waals surface area contributed by atoms with Crippen LogP contribution in [-0.4, -0.2) is 21.4 Å². The van der Waals surface area contributed by atoms with Crippen molar-refractivity contribution in [2.24, 2.45) is 0 Å². The summed E-state index contributed by atoms with van der Waals surface area (Å²) in [6, 6.07) is 5.13. The maximum Gasteiger partial charge on any atom is 0.312 e. The smallest absolute Gasteiger partial charge is 0.312 e. The maximum absolute atomic E-state index is 12.7. The van der Waals surface area contributed by atoms with Gasteiger partial charge >= 0.3 is 5.97 Å². The van der Waals surface area contributed by atoms with E-state index >= 15 is 0 Å². The molecule has 0 saturated carbocycles. The Hall–Kier alpha value is -1.82. The molecule has 22 heavy (non-hydrogen) atoms. The quantitative estimate of drug-likeness (QED) is 0.840. The first-order valence-corrected chi connectivity index (χ1v) is 8.01. The summed E-state index contributed by atoms with van der Waals surface area (Å²) in [5, 5.41) is 9.45. The molecule has 2 aromatic heterocycles. The number of carboxylic acid groups (broad SMARTS) is 1. The minimum Gasteiger partial charge on any atom is -0.481 e. The lowest BCUT2D eigenvalue weighted by molar-refractivity contribution is -0.139. The van der Waals surface area contributed by atoms with Gasteiger partial charge in [-0.2, -0.15) is 0 Å². The van der Waals surface area contributed by atoms with Crippen molar-refractivity contribution in [3.8, 4) is 0 Å². The molecule has 1 unspecified atom stereocenters. The van der Waals surface area contributed by atoms with E-state index in [0.717, 1.165) is 24.1 Å². The summed E-state index contributed by atoms with van der Waals surface area (Å²) in [6.45, 7) is 2.50. The predicted molar refractivity (Wildman–Crippen MR) is 83.2 cm³/mol. The van der Waals surface area contributed by atoms with Crippen LogP contribution in [-0.2, 0) is 11.3 Å². The van der Waals surface area contributed by atoms with E-state index in [2.05, 4.69) is 15.9 Å². The van der Waals surface area contributed by atoms with Crippen molar-refractivity contribution in [1.29, 1.82) is 0 Å². The van der Waals surface area contributed by atoms with Gasteiger partial charge in [-0.25, -0.2) is 0 Å². The minimum atomic E-state index is -0.833. The third-order valence-electron chi connectivity index (χ3n) is 4.11. The van der Waals surface area contributed by atoms with Crippen LogP contribution in [0, 0.1) is 6.92 Å². The number of ketones is 1. The van der Waals surface area contributed by atoms with Crippen LogP contribution in [0.3, 0.4) is 0 Å². The number of aryl methyl sites for hydroxylation is 1. The van der Waals surface area contributed by atoms with E-state index in [-0.39, 0.29) is 11.5 Å². The van der Waals surface area contributed by atoms with E-state index in [1.165, 1.54) is 0 Å². The average molecular weight is 366 g/mol. The van der Waals surface area contributed by atoms with Crippen LogP contribution in [0.2, 0.25) is 0 Å². The molecule has 0 aromatic carbocycles. The van der Waals surface area contributed by atoms with Gasteiger partial charge in [0.1, 0.15) is 0 Å². The predicted octanol–water partition coefficient (Wildman–Crippen LogP) is 3.74. The first-order chi connectivity index (χ1) is 10.5. The zero-order valence-electron chi connectivity index (χ0n) is 12.1. The number of fused-ring (bicyclic) bond motifs is 1. The molecule has 0 radical (unpaired) electrons. The summed E-state index contributed by atoms with van der Waals surface area (Å²) < 4.78 is 7.72. The number of rotatable bonds is 3. The van der Waals surface area contributed by atoms with Gasteiger partial charge in [0.25, 0.3) is 0 Å². The summed E-state index contributed by atoms with van der Waals surface area (Å²) in [7, 11) is 0. The van der Waals surface area contributed by atoms with E-state index in [1.54, 1.807) is 12.1 Å². The molecule has 1 aliphatic heterocycles. The SMILES string of the molecule is Cc1cc2n(c1C(=O)c1ccc(Br)o1)CCCCC2C(=O)O. The molecular formula is C16H16BrNO4. The van der Waals surface area contributed by atoms with E-state index in [4.69, 9.17) is 4.42 Å². The fraction of sp³-hybridized carbons (Fsp3) is 0.375. The van der Waals surface area contributed by atoms with Crippen molar-refractivity contribution in [1.82, 2.24) is 4.57 Å². The molecule has 6 heteroatoms. The molecule has 1 N–H and O–H groups in total. The standard InChI is InChI=1S/C16H16BrNO4/c1-9-8-11-10(16(20)21)4-2-3-7-18(11)14(9)15(19)12-5-6-13(17)22-12/h5-6,8,10H,2-4,7H2,1H3,(H,20,21). The topological polar surface area (TPSA) is 72.4 Å². The summed E-state index contributed by atoms with van der Waals surface area (Å²) >= 11 is 3.19. The van der Waals surface area contributed by atoms with Crippen LogP contribution in [0.15, 0.2) is 27.3 Å². The molecule has 0 saturated heterocycles. The third kappa shape index (κ3) is 2.52. The van der Waals surface area contributed by atoms with Crippen molar-refractivity contribution >= 4 is 27.7 Å². The van der Waals surface area contributed by atoms with Gasteiger partial charge in [-0.3, -0.25) is 9.59 Å². The highest BCUT2D eigenvalue weighted by Crippen LogP contribution is 2.32. The number of aromatic nitrogens is 1. The number of hydrogen-bond acceptors (Lipinski definition) is 3. The summed E-state index contributed by atoms with van der Waals surface area (Å²) in [4.78, 5) is 24.2. The number of carbonyl (C=O) groups is 2. The van der Waals surface area contributed by atoms with Crippen molar-refractivity contribution in [2.45, 2.75) is 38.6 Å². The van der Waals surface area contributed by atoms with Crippen molar-refractivity contribution in [3.05, 3.63) is 45.6 Å². The number of hydrogen-bond donors (Lipinski definition) is 1. The average Bonchev–Trinajstić information content (AvgIpc) is 2.96. The fourth-order valence-electron chi connectivity index (χ4n) is 3.11. The summed E-state index contributed by atoms with van der Waals surface area (Å²) in [5.74, 6) is -1.33. The Balaban J connectivity index is 2.10. The molecule has 0 bridgehead atoms. The van der Waals surface area contributed by atoms with Crippen molar-refractivity contribution in [2.75, 3.05) is 0 Å². The first kappa shape index (κ1) is 15.1. The first-order valence-electron chi connectivity index (χ1n) is 7.22. The highest BCUT2D eigenvalue weighted by Gasteiger charge is 2.30. The lowest BCUT2D eigenvalue weighted by atomic mass is 9.99. The van der Waals surface area contributed by atoms with Gasteiger partial charge in [0.15, 0.2) is 10.4 Å². The second kappa shape index (κ2) is 5.76. The zero-order chi connectivity index (χ0) is 15.9. The van der Waals surface area contributed by atoms with Gasteiger partial charge in [-0.1, -0.05) is 6.42 Å². The third-order valence-corrected chi connectivity index (χ3v) is 4.54. The van der Waals surface area contributed by atoms with Gasteiger partial charge in [0.05, 0.1) is 11.6 Å². The van der Waals surface area contributed by atoms with Crippen LogP contribution >= 0.6 is 15.9 Å². The van der Waals surface area contributed by atoms with Crippen LogP contribution in [0.25, 0.3) is 0 Å². The van der Waals surface area contributed by atoms with E-state index < -0.39 is 11.9 Å². The molecule has 116 valence electrons. The number of carboxylic acids is 1. The van der Waals surface area contributed by atoms with Crippen LogP contribution < -0.4 is 0 Å². The molecule has 2 aromatic rings. The molecule has 1 aliphatic rings. The molecule has 0 amide bonds. The Labute approximate surface area is 136 Å². The molecular weight excluding hydrogens is 350 g/mol. The molecule has 3 heterocycles.